The van der Waals surface area contributed by atoms with Crippen LogP contribution >= 0.6 is 11.3 Å². The molecule has 27 heavy (non-hydrogen) atoms. The minimum absolute atomic E-state index is 0.0139. The van der Waals surface area contributed by atoms with Crippen molar-refractivity contribution < 1.29 is 8.42 Å². The van der Waals surface area contributed by atoms with Crippen molar-refractivity contribution >= 4 is 38.2 Å². The molecule has 1 aromatic carbocycles. The van der Waals surface area contributed by atoms with E-state index >= 15 is 0 Å². The van der Waals surface area contributed by atoms with Crippen LogP contribution in [0, 0.1) is 0 Å². The molecule has 0 aliphatic heterocycles. The number of primary sulfonamides is 1. The molecular weight excluding hydrogens is 388 g/mol. The second kappa shape index (κ2) is 6.54. The van der Waals surface area contributed by atoms with E-state index in [1.165, 1.54) is 34.2 Å². The van der Waals surface area contributed by atoms with Crippen LogP contribution in [0.1, 0.15) is 0 Å². The van der Waals surface area contributed by atoms with E-state index < -0.39 is 10.0 Å². The third kappa shape index (κ3) is 3.43. The van der Waals surface area contributed by atoms with Crippen LogP contribution in [0.25, 0.3) is 22.5 Å². The molecule has 3 aromatic heterocycles. The number of sulfonamides is 1. The number of fused-ring (bicyclic) bond motifs is 1. The Bertz CT molecular complexity index is 1330. The van der Waals surface area contributed by atoms with E-state index in [-0.39, 0.29) is 10.5 Å². The Morgan fingerprint density at radius 2 is 1.81 bits per heavy atom. The number of hydrogen-bond donors (Lipinski definition) is 2. The molecule has 4 aromatic rings. The van der Waals surface area contributed by atoms with E-state index in [2.05, 4.69) is 20.4 Å². The van der Waals surface area contributed by atoms with Crippen molar-refractivity contribution in [2.75, 3.05) is 5.32 Å². The number of aromatic nitrogens is 4. The molecule has 3 N–H and O–H groups in total. The Morgan fingerprint density at radius 1 is 1.11 bits per heavy atom. The summed E-state index contributed by atoms with van der Waals surface area (Å²) in [5.74, 6) is 0.457. The fourth-order valence-corrected chi connectivity index (χ4v) is 3.69. The Labute approximate surface area is 156 Å². The van der Waals surface area contributed by atoms with Crippen LogP contribution in [0.4, 0.5) is 5.69 Å². The summed E-state index contributed by atoms with van der Waals surface area (Å²) in [5.41, 5.74) is 1.09. The van der Waals surface area contributed by atoms with Gasteiger partial charge in [0.05, 0.1) is 4.90 Å². The fourth-order valence-electron chi connectivity index (χ4n) is 2.35. The average Bonchev–Trinajstić information content (AvgIpc) is 3.20. The van der Waals surface area contributed by atoms with Gasteiger partial charge in [-0.1, -0.05) is 11.3 Å². The number of nitrogens with zero attached hydrogens (tertiary/aromatic N) is 4. The van der Waals surface area contributed by atoms with Gasteiger partial charge in [0.15, 0.2) is 5.82 Å². The van der Waals surface area contributed by atoms with Gasteiger partial charge in [-0.2, -0.15) is 9.50 Å². The zero-order chi connectivity index (χ0) is 19.0. The Kier molecular flexibility index (Phi) is 4.18. The van der Waals surface area contributed by atoms with Gasteiger partial charge in [-0.3, -0.25) is 9.78 Å². The fraction of sp³-hybridized carbons (Fsp3) is 0. The van der Waals surface area contributed by atoms with Crippen molar-refractivity contribution in [3.63, 3.8) is 0 Å². The van der Waals surface area contributed by atoms with Gasteiger partial charge in [-0.05, 0) is 36.4 Å². The van der Waals surface area contributed by atoms with E-state index in [9.17, 15) is 13.2 Å². The highest BCUT2D eigenvalue weighted by Crippen LogP contribution is 2.15. The van der Waals surface area contributed by atoms with Crippen molar-refractivity contribution in [1.82, 2.24) is 19.6 Å². The molecule has 11 heteroatoms. The van der Waals surface area contributed by atoms with Crippen molar-refractivity contribution in [2.24, 2.45) is 5.14 Å². The summed E-state index contributed by atoms with van der Waals surface area (Å²) in [7, 11) is -3.74. The van der Waals surface area contributed by atoms with E-state index in [0.29, 0.717) is 21.0 Å². The molecule has 136 valence electrons. The van der Waals surface area contributed by atoms with E-state index in [1.54, 1.807) is 36.7 Å². The molecule has 0 unspecified atom stereocenters. The molecule has 0 spiro atoms. The molecule has 0 bridgehead atoms. The maximum Gasteiger partial charge on any atom is 0.292 e. The molecule has 9 nitrogen and oxygen atoms in total. The van der Waals surface area contributed by atoms with Crippen molar-refractivity contribution in [1.29, 1.82) is 0 Å². The second-order valence-corrected chi connectivity index (χ2v) is 8.07. The first-order valence-corrected chi connectivity index (χ1v) is 9.98. The molecule has 0 aliphatic rings. The molecule has 0 saturated heterocycles. The Balaban J connectivity index is 1.63. The van der Waals surface area contributed by atoms with E-state index in [1.807, 2.05) is 0 Å². The zero-order valence-corrected chi connectivity index (χ0v) is 15.2. The monoisotopic (exact) mass is 400 g/mol. The van der Waals surface area contributed by atoms with Crippen LogP contribution in [0.2, 0.25) is 0 Å². The molecule has 0 atom stereocenters. The summed E-state index contributed by atoms with van der Waals surface area (Å²) in [6.07, 6.45) is 4.79. The lowest BCUT2D eigenvalue weighted by molar-refractivity contribution is 0.598. The predicted octanol–water partition coefficient (Wildman–Crippen LogP) is 0.429. The van der Waals surface area contributed by atoms with Crippen LogP contribution in [-0.2, 0) is 10.0 Å². The summed E-state index contributed by atoms with van der Waals surface area (Å²) < 4.78 is 24.2. The molecule has 0 amide bonds. The summed E-state index contributed by atoms with van der Waals surface area (Å²) in [4.78, 5) is 21.3. The first-order valence-electron chi connectivity index (χ1n) is 7.61. The quantitative estimate of drug-likeness (QED) is 0.507. The first kappa shape index (κ1) is 17.3. The maximum absolute atomic E-state index is 12.5. The van der Waals surface area contributed by atoms with Gasteiger partial charge < -0.3 is 5.32 Å². The molecular formula is C16H12N6O3S2. The smallest absolute Gasteiger partial charge is 0.292 e. The minimum Gasteiger partial charge on any atom is -0.360 e. The summed E-state index contributed by atoms with van der Waals surface area (Å²) in [6.45, 7) is 0. The number of hydrogen-bond acceptors (Lipinski definition) is 8. The van der Waals surface area contributed by atoms with Gasteiger partial charge in [-0.15, -0.1) is 5.10 Å². The number of nitrogens with two attached hydrogens (primary N) is 1. The first-order chi connectivity index (χ1) is 12.9. The number of benzene rings is 1. The highest BCUT2D eigenvalue weighted by atomic mass is 32.2. The predicted molar refractivity (Wildman–Crippen MR) is 101 cm³/mol. The number of pyridine rings is 1. The van der Waals surface area contributed by atoms with Gasteiger partial charge in [0.2, 0.25) is 15.0 Å². The highest BCUT2D eigenvalue weighted by molar-refractivity contribution is 7.89. The lowest BCUT2D eigenvalue weighted by Crippen LogP contribution is -2.24. The molecule has 0 saturated carbocycles. The van der Waals surface area contributed by atoms with Crippen LogP contribution in [0.15, 0.2) is 58.5 Å². The minimum atomic E-state index is -3.74. The van der Waals surface area contributed by atoms with Gasteiger partial charge >= 0.3 is 0 Å². The number of anilines is 1. The SMILES string of the molecule is NS(=O)(=O)c1ccc(N/C=c2\sc3nc(-c4ccncc4)nn3c2=O)cc1. The molecule has 3 heterocycles. The maximum atomic E-state index is 12.5. The van der Waals surface area contributed by atoms with E-state index in [0.717, 1.165) is 5.56 Å². The van der Waals surface area contributed by atoms with Crippen molar-refractivity contribution in [3.8, 4) is 11.4 Å². The molecule has 0 fully saturated rings. The largest absolute Gasteiger partial charge is 0.360 e. The summed E-state index contributed by atoms with van der Waals surface area (Å²) in [6, 6.07) is 9.41. The number of nitrogens with one attached hydrogen (secondary N) is 1. The molecule has 0 aliphatic carbocycles. The van der Waals surface area contributed by atoms with Crippen LogP contribution in [0.5, 0.6) is 0 Å². The topological polar surface area (TPSA) is 132 Å². The molecule has 0 radical (unpaired) electrons. The summed E-state index contributed by atoms with van der Waals surface area (Å²) in [5, 5.41) is 12.3. The normalized spacial score (nSPS) is 12.6. The standard InChI is InChI=1S/C16H12N6O3S2/c17-27(24,25)12-3-1-11(2-4-12)19-9-13-15(23)22-16(26-13)20-14(21-22)10-5-7-18-8-6-10/h1-9,19H,(H2,17,24,25)/b13-9-. The van der Waals surface area contributed by atoms with Gasteiger partial charge in [0, 0.05) is 29.8 Å². The lowest BCUT2D eigenvalue weighted by atomic mass is 10.3. The third-order valence-electron chi connectivity index (χ3n) is 3.67. The Hall–Kier alpha value is -3.15. The highest BCUT2D eigenvalue weighted by Gasteiger charge is 2.11. The second-order valence-electron chi connectivity index (χ2n) is 5.50. The van der Waals surface area contributed by atoms with Crippen molar-refractivity contribution in [3.05, 3.63) is 63.7 Å². The summed E-state index contributed by atoms with van der Waals surface area (Å²) >= 11 is 1.19. The third-order valence-corrected chi connectivity index (χ3v) is 5.56. The lowest BCUT2D eigenvalue weighted by Gasteiger charge is -2.01. The number of thiazole rings is 1. The zero-order valence-electron chi connectivity index (χ0n) is 13.6. The van der Waals surface area contributed by atoms with Crippen LogP contribution < -0.4 is 20.5 Å². The Morgan fingerprint density at radius 3 is 2.44 bits per heavy atom. The van der Waals surface area contributed by atoms with Gasteiger partial charge in [0.1, 0.15) is 4.53 Å². The van der Waals surface area contributed by atoms with Crippen LogP contribution in [-0.4, -0.2) is 28.0 Å². The van der Waals surface area contributed by atoms with Gasteiger partial charge in [0.25, 0.3) is 5.56 Å². The number of rotatable bonds is 4. The van der Waals surface area contributed by atoms with Crippen LogP contribution in [0.3, 0.4) is 0 Å². The average molecular weight is 400 g/mol. The van der Waals surface area contributed by atoms with Crippen molar-refractivity contribution in [2.45, 2.75) is 4.90 Å². The molecule has 4 rings (SSSR count). The van der Waals surface area contributed by atoms with Gasteiger partial charge in [-0.25, -0.2) is 13.6 Å². The van der Waals surface area contributed by atoms with E-state index in [4.69, 9.17) is 5.14 Å².